The predicted octanol–water partition coefficient (Wildman–Crippen LogP) is 1.21. The maximum atomic E-state index is 12.8. The number of hydrogen-bond donors (Lipinski definition) is 1. The topological polar surface area (TPSA) is 88.3 Å². The van der Waals surface area contributed by atoms with Crippen LogP contribution >= 0.6 is 0 Å². The number of amides is 2. The van der Waals surface area contributed by atoms with Crippen molar-refractivity contribution in [2.75, 3.05) is 13.1 Å². The lowest BCUT2D eigenvalue weighted by Gasteiger charge is -2.36. The number of nitrogens with one attached hydrogen (secondary N) is 1. The van der Waals surface area contributed by atoms with Gasteiger partial charge in [0.25, 0.3) is 5.91 Å². The summed E-state index contributed by atoms with van der Waals surface area (Å²) in [5.74, 6) is 0.0780. The summed E-state index contributed by atoms with van der Waals surface area (Å²) in [6.07, 6.45) is 0.644. The molecule has 7 heteroatoms. The van der Waals surface area contributed by atoms with Crippen molar-refractivity contribution in [1.29, 1.82) is 0 Å². The fourth-order valence-electron chi connectivity index (χ4n) is 2.72. The quantitative estimate of drug-likeness (QED) is 0.920. The Morgan fingerprint density at radius 2 is 2.18 bits per heavy atom. The fourth-order valence-corrected chi connectivity index (χ4v) is 2.72. The van der Waals surface area contributed by atoms with Gasteiger partial charge in [0.2, 0.25) is 5.91 Å². The number of aromatic nitrogens is 2. The second-order valence-corrected chi connectivity index (χ2v) is 5.90. The minimum absolute atomic E-state index is 0.0857. The first-order chi connectivity index (χ1) is 10.6. The van der Waals surface area contributed by atoms with E-state index in [9.17, 15) is 9.59 Å². The Morgan fingerprint density at radius 3 is 2.95 bits per heavy atom. The Kier molecular flexibility index (Phi) is 3.79. The number of nitrogens with zero attached hydrogens (tertiary/aromatic N) is 3. The van der Waals surface area contributed by atoms with E-state index in [0.29, 0.717) is 42.0 Å². The molecule has 3 rings (SSSR count). The van der Waals surface area contributed by atoms with Crippen molar-refractivity contribution in [1.82, 2.24) is 20.5 Å². The average Bonchev–Trinajstić information content (AvgIpc) is 2.95. The Hall–Kier alpha value is -2.44. The Labute approximate surface area is 127 Å². The van der Waals surface area contributed by atoms with Gasteiger partial charge in [0.15, 0.2) is 0 Å². The van der Waals surface area contributed by atoms with Crippen LogP contribution in [0.2, 0.25) is 0 Å². The van der Waals surface area contributed by atoms with E-state index >= 15 is 0 Å². The third kappa shape index (κ3) is 2.66. The number of benzene rings is 1. The molecule has 2 amide bonds. The molecule has 0 saturated carbocycles. The predicted molar refractivity (Wildman–Crippen MR) is 79.1 cm³/mol. The van der Waals surface area contributed by atoms with Crippen LogP contribution in [0.25, 0.3) is 11.0 Å². The van der Waals surface area contributed by atoms with Crippen molar-refractivity contribution in [3.05, 3.63) is 23.8 Å². The van der Waals surface area contributed by atoms with Gasteiger partial charge in [0.05, 0.1) is 0 Å². The molecule has 2 heterocycles. The van der Waals surface area contributed by atoms with E-state index in [4.69, 9.17) is 0 Å². The molecule has 1 fully saturated rings. The molecule has 22 heavy (non-hydrogen) atoms. The molecule has 7 nitrogen and oxygen atoms in total. The van der Waals surface area contributed by atoms with Crippen LogP contribution < -0.4 is 5.32 Å². The molecule has 0 unspecified atom stereocenters. The van der Waals surface area contributed by atoms with E-state index < -0.39 is 6.04 Å². The first-order valence-corrected chi connectivity index (χ1v) is 7.37. The molecule has 0 bridgehead atoms. The number of piperazine rings is 1. The van der Waals surface area contributed by atoms with Crippen molar-refractivity contribution in [2.24, 2.45) is 5.92 Å². The highest BCUT2D eigenvalue weighted by atomic mass is 16.6. The van der Waals surface area contributed by atoms with Gasteiger partial charge in [0, 0.05) is 18.7 Å². The number of fused-ring (bicyclic) bond motifs is 1. The van der Waals surface area contributed by atoms with Crippen LogP contribution in [0, 0.1) is 5.92 Å². The lowest BCUT2D eigenvalue weighted by atomic mass is 9.99. The standard InChI is InChI=1S/C15H18N4O3/c1-9(2)7-13-14(20)16-5-6-19(13)15(21)10-3-4-11-12(8-10)18-22-17-11/h3-4,8-9,13H,5-7H2,1-2H3,(H,16,20)/t13-/m1/s1. The summed E-state index contributed by atoms with van der Waals surface area (Å²) < 4.78 is 4.65. The summed E-state index contributed by atoms with van der Waals surface area (Å²) >= 11 is 0. The summed E-state index contributed by atoms with van der Waals surface area (Å²) in [5, 5.41) is 10.3. The SMILES string of the molecule is CC(C)C[C@@H]1C(=O)NCCN1C(=O)c1ccc2nonc2c1. The van der Waals surface area contributed by atoms with Crippen LogP contribution in [-0.4, -0.2) is 46.2 Å². The summed E-state index contributed by atoms with van der Waals surface area (Å²) in [4.78, 5) is 26.5. The summed E-state index contributed by atoms with van der Waals surface area (Å²) in [7, 11) is 0. The molecular formula is C15H18N4O3. The van der Waals surface area contributed by atoms with Crippen LogP contribution in [-0.2, 0) is 4.79 Å². The second-order valence-electron chi connectivity index (χ2n) is 5.90. The Balaban J connectivity index is 1.89. The molecule has 0 spiro atoms. The molecule has 1 aliphatic rings. The van der Waals surface area contributed by atoms with E-state index in [1.54, 1.807) is 23.1 Å². The maximum absolute atomic E-state index is 12.8. The minimum Gasteiger partial charge on any atom is -0.353 e. The highest BCUT2D eigenvalue weighted by Crippen LogP contribution is 2.19. The second kappa shape index (κ2) is 5.75. The Bertz CT molecular complexity index is 710. The highest BCUT2D eigenvalue weighted by Gasteiger charge is 2.33. The van der Waals surface area contributed by atoms with Crippen LogP contribution in [0.4, 0.5) is 0 Å². The van der Waals surface area contributed by atoms with Crippen LogP contribution in [0.15, 0.2) is 22.8 Å². The third-order valence-electron chi connectivity index (χ3n) is 3.79. The molecule has 2 aromatic rings. The van der Waals surface area contributed by atoms with Gasteiger partial charge in [-0.2, -0.15) is 0 Å². The van der Waals surface area contributed by atoms with E-state index in [2.05, 4.69) is 20.3 Å². The van der Waals surface area contributed by atoms with Crippen molar-refractivity contribution >= 4 is 22.8 Å². The van der Waals surface area contributed by atoms with E-state index in [1.165, 1.54) is 0 Å². The molecular weight excluding hydrogens is 284 g/mol. The van der Waals surface area contributed by atoms with Crippen molar-refractivity contribution in [3.8, 4) is 0 Å². The molecule has 1 saturated heterocycles. The van der Waals surface area contributed by atoms with Gasteiger partial charge in [-0.3, -0.25) is 9.59 Å². The smallest absolute Gasteiger partial charge is 0.254 e. The van der Waals surface area contributed by atoms with Gasteiger partial charge in [-0.15, -0.1) is 0 Å². The lowest BCUT2D eigenvalue weighted by molar-refractivity contribution is -0.128. The number of hydrogen-bond acceptors (Lipinski definition) is 5. The van der Waals surface area contributed by atoms with Crippen molar-refractivity contribution in [2.45, 2.75) is 26.3 Å². The van der Waals surface area contributed by atoms with Crippen LogP contribution in [0.1, 0.15) is 30.6 Å². The number of carbonyl (C=O) groups excluding carboxylic acids is 2. The fraction of sp³-hybridized carbons (Fsp3) is 0.467. The van der Waals surface area contributed by atoms with Gasteiger partial charge >= 0.3 is 0 Å². The van der Waals surface area contributed by atoms with E-state index in [0.717, 1.165) is 0 Å². The molecule has 1 aromatic heterocycles. The van der Waals surface area contributed by atoms with Crippen molar-refractivity contribution in [3.63, 3.8) is 0 Å². The lowest BCUT2D eigenvalue weighted by Crippen LogP contribution is -2.57. The summed E-state index contributed by atoms with van der Waals surface area (Å²) in [5.41, 5.74) is 1.63. The monoisotopic (exact) mass is 302 g/mol. The zero-order chi connectivity index (χ0) is 15.7. The maximum Gasteiger partial charge on any atom is 0.254 e. The third-order valence-corrected chi connectivity index (χ3v) is 3.79. The van der Waals surface area contributed by atoms with Crippen LogP contribution in [0.5, 0.6) is 0 Å². The van der Waals surface area contributed by atoms with Gasteiger partial charge in [-0.05, 0) is 40.9 Å². The van der Waals surface area contributed by atoms with Crippen molar-refractivity contribution < 1.29 is 14.2 Å². The molecule has 0 aliphatic carbocycles. The van der Waals surface area contributed by atoms with E-state index in [1.807, 2.05) is 13.8 Å². The molecule has 1 aromatic carbocycles. The van der Waals surface area contributed by atoms with Gasteiger partial charge < -0.3 is 10.2 Å². The molecule has 1 aliphatic heterocycles. The zero-order valence-corrected chi connectivity index (χ0v) is 12.6. The molecule has 1 N–H and O–H groups in total. The van der Waals surface area contributed by atoms with Gasteiger partial charge in [-0.1, -0.05) is 13.8 Å². The minimum atomic E-state index is -0.424. The van der Waals surface area contributed by atoms with Gasteiger partial charge in [0.1, 0.15) is 17.1 Å². The largest absolute Gasteiger partial charge is 0.353 e. The summed E-state index contributed by atoms with van der Waals surface area (Å²) in [6, 6.07) is 4.61. The van der Waals surface area contributed by atoms with Crippen LogP contribution in [0.3, 0.4) is 0 Å². The molecule has 116 valence electrons. The average molecular weight is 302 g/mol. The first kappa shape index (κ1) is 14.5. The Morgan fingerprint density at radius 1 is 1.41 bits per heavy atom. The van der Waals surface area contributed by atoms with Gasteiger partial charge in [-0.25, -0.2) is 4.63 Å². The normalized spacial score (nSPS) is 18.8. The zero-order valence-electron chi connectivity index (χ0n) is 12.6. The summed E-state index contributed by atoms with van der Waals surface area (Å²) in [6.45, 7) is 5.07. The van der Waals surface area contributed by atoms with E-state index in [-0.39, 0.29) is 11.8 Å². The first-order valence-electron chi connectivity index (χ1n) is 7.37. The molecule has 1 atom stereocenters. The number of rotatable bonds is 3. The highest BCUT2D eigenvalue weighted by molar-refractivity contribution is 6.00. The number of carbonyl (C=O) groups is 2. The molecule has 0 radical (unpaired) electrons.